The predicted molar refractivity (Wildman–Crippen MR) is 54.7 cm³/mol. The van der Waals surface area contributed by atoms with E-state index in [1.165, 1.54) is 6.07 Å². The van der Waals surface area contributed by atoms with Gasteiger partial charge in [0.05, 0.1) is 11.1 Å². The van der Waals surface area contributed by atoms with Crippen LogP contribution in [0, 0.1) is 11.3 Å². The molecule has 4 heteroatoms. The number of nitrogens with zero attached hydrogens (tertiary/aromatic N) is 1. The molecule has 1 aromatic rings. The fourth-order valence-electron chi connectivity index (χ4n) is 1.18. The lowest BCUT2D eigenvalue weighted by atomic mass is 10.0. The molecule has 0 spiro atoms. The molecule has 0 aliphatic rings. The molecule has 0 aliphatic heterocycles. The Morgan fingerprint density at radius 1 is 1.64 bits per heavy atom. The van der Waals surface area contributed by atoms with E-state index >= 15 is 0 Å². The van der Waals surface area contributed by atoms with E-state index in [0.29, 0.717) is 4.90 Å². The fourth-order valence-corrected chi connectivity index (χ4v) is 1.51. The van der Waals surface area contributed by atoms with Crippen LogP contribution in [0.1, 0.15) is 28.4 Å². The Morgan fingerprint density at radius 2 is 2.29 bits per heavy atom. The average Bonchev–Trinajstić information content (AvgIpc) is 2.16. The van der Waals surface area contributed by atoms with E-state index < -0.39 is 5.97 Å². The van der Waals surface area contributed by atoms with E-state index in [4.69, 9.17) is 10.4 Å². The summed E-state index contributed by atoms with van der Waals surface area (Å²) in [6.45, 7) is 1.92. The highest BCUT2D eigenvalue weighted by Crippen LogP contribution is 2.20. The maximum absolute atomic E-state index is 10.8. The molecule has 0 heterocycles. The Bertz CT molecular complexity index is 421. The van der Waals surface area contributed by atoms with Crippen LogP contribution < -0.4 is 0 Å². The van der Waals surface area contributed by atoms with Crippen molar-refractivity contribution in [3.05, 3.63) is 28.8 Å². The lowest BCUT2D eigenvalue weighted by molar-refractivity contribution is 0.0696. The average molecular weight is 207 g/mol. The number of hydrogen-bond donors (Lipinski definition) is 2. The largest absolute Gasteiger partial charge is 0.478 e. The van der Waals surface area contributed by atoms with Crippen molar-refractivity contribution in [1.82, 2.24) is 0 Å². The summed E-state index contributed by atoms with van der Waals surface area (Å²) in [6, 6.07) is 5.07. The first kappa shape index (κ1) is 10.6. The third-order valence-electron chi connectivity index (χ3n) is 1.93. The molecular weight excluding hydrogens is 198 g/mol. The molecular formula is C10H9NO2S. The number of nitriles is 1. The van der Waals surface area contributed by atoms with Crippen molar-refractivity contribution in [2.24, 2.45) is 0 Å². The highest BCUT2D eigenvalue weighted by Gasteiger charge is 2.13. The Labute approximate surface area is 87.4 Å². The molecule has 0 bridgehead atoms. The second-order valence-corrected chi connectivity index (χ2v) is 3.29. The van der Waals surface area contributed by atoms with Crippen LogP contribution in [0.25, 0.3) is 0 Å². The van der Waals surface area contributed by atoms with Crippen molar-refractivity contribution in [3.8, 4) is 6.07 Å². The summed E-state index contributed by atoms with van der Waals surface area (Å²) in [5.74, 6) is -1.09. The van der Waals surface area contributed by atoms with Crippen molar-refractivity contribution in [3.63, 3.8) is 0 Å². The zero-order chi connectivity index (χ0) is 10.7. The lowest BCUT2D eigenvalue weighted by Crippen LogP contribution is -2.02. The molecule has 0 saturated heterocycles. The van der Waals surface area contributed by atoms with Crippen LogP contribution in [0.15, 0.2) is 17.0 Å². The lowest BCUT2D eigenvalue weighted by Gasteiger charge is -2.04. The summed E-state index contributed by atoms with van der Waals surface area (Å²) in [5.41, 5.74) is 1.02. The minimum absolute atomic E-state index is 0.0249. The minimum Gasteiger partial charge on any atom is -0.478 e. The zero-order valence-electron chi connectivity index (χ0n) is 7.61. The molecule has 72 valence electrons. The summed E-state index contributed by atoms with van der Waals surface area (Å²) >= 11 is 4.08. The molecule has 1 aromatic carbocycles. The monoisotopic (exact) mass is 207 g/mol. The predicted octanol–water partition coefficient (Wildman–Crippen LogP) is 2.11. The molecule has 1 rings (SSSR count). The molecule has 0 fully saturated rings. The van der Waals surface area contributed by atoms with Crippen LogP contribution >= 0.6 is 12.6 Å². The topological polar surface area (TPSA) is 61.1 Å². The van der Waals surface area contributed by atoms with Crippen LogP contribution in [-0.4, -0.2) is 11.1 Å². The van der Waals surface area contributed by atoms with Gasteiger partial charge in [0, 0.05) is 4.90 Å². The Morgan fingerprint density at radius 3 is 2.71 bits per heavy atom. The number of hydrogen-bond acceptors (Lipinski definition) is 3. The van der Waals surface area contributed by atoms with Crippen LogP contribution in [0.2, 0.25) is 0 Å². The van der Waals surface area contributed by atoms with E-state index in [9.17, 15) is 4.79 Å². The standard InChI is InChI=1S/C10H9NO2S/c1-2-6-3-7(10(12)13)8(5-11)9(14)4-6/h3-4,14H,2H2,1H3,(H,12,13). The van der Waals surface area contributed by atoms with Gasteiger partial charge in [-0.25, -0.2) is 4.79 Å². The highest BCUT2D eigenvalue weighted by atomic mass is 32.1. The maximum Gasteiger partial charge on any atom is 0.337 e. The normalized spacial score (nSPS) is 9.50. The number of carboxylic acids is 1. The first-order valence-corrected chi connectivity index (χ1v) is 4.54. The second-order valence-electron chi connectivity index (χ2n) is 2.81. The number of carbonyl (C=O) groups is 1. The number of rotatable bonds is 2. The Hall–Kier alpha value is -1.47. The van der Waals surface area contributed by atoms with Gasteiger partial charge in [0.1, 0.15) is 6.07 Å². The molecule has 0 atom stereocenters. The Kier molecular flexibility index (Phi) is 3.15. The summed E-state index contributed by atoms with van der Waals surface area (Å²) < 4.78 is 0. The fraction of sp³-hybridized carbons (Fsp3) is 0.200. The maximum atomic E-state index is 10.8. The highest BCUT2D eigenvalue weighted by molar-refractivity contribution is 7.80. The van der Waals surface area contributed by atoms with Crippen LogP contribution in [-0.2, 0) is 6.42 Å². The quantitative estimate of drug-likeness (QED) is 0.730. The van der Waals surface area contributed by atoms with E-state index in [0.717, 1.165) is 12.0 Å². The van der Waals surface area contributed by atoms with Gasteiger partial charge in [-0.1, -0.05) is 6.92 Å². The summed E-state index contributed by atoms with van der Waals surface area (Å²) in [6.07, 6.45) is 0.722. The summed E-state index contributed by atoms with van der Waals surface area (Å²) in [5, 5.41) is 17.6. The van der Waals surface area contributed by atoms with Crippen LogP contribution in [0.4, 0.5) is 0 Å². The van der Waals surface area contributed by atoms with Gasteiger partial charge in [-0.3, -0.25) is 0 Å². The molecule has 3 nitrogen and oxygen atoms in total. The van der Waals surface area contributed by atoms with Gasteiger partial charge >= 0.3 is 5.97 Å². The number of thiol groups is 1. The van der Waals surface area contributed by atoms with Crippen molar-refractivity contribution in [2.45, 2.75) is 18.2 Å². The van der Waals surface area contributed by atoms with E-state index in [1.54, 1.807) is 6.07 Å². The van der Waals surface area contributed by atoms with Gasteiger partial charge in [-0.15, -0.1) is 12.6 Å². The van der Waals surface area contributed by atoms with Crippen molar-refractivity contribution in [1.29, 1.82) is 5.26 Å². The van der Waals surface area contributed by atoms with Crippen LogP contribution in [0.5, 0.6) is 0 Å². The summed E-state index contributed by atoms with van der Waals surface area (Å²) in [7, 11) is 0. The van der Waals surface area contributed by atoms with Crippen molar-refractivity contribution >= 4 is 18.6 Å². The smallest absolute Gasteiger partial charge is 0.337 e. The van der Waals surface area contributed by atoms with Gasteiger partial charge in [-0.05, 0) is 24.1 Å². The Balaban J connectivity index is 3.45. The first-order valence-electron chi connectivity index (χ1n) is 4.09. The van der Waals surface area contributed by atoms with Crippen molar-refractivity contribution < 1.29 is 9.90 Å². The zero-order valence-corrected chi connectivity index (χ0v) is 8.51. The van der Waals surface area contributed by atoms with Gasteiger partial charge in [0.15, 0.2) is 0 Å². The number of carboxylic acid groups (broad SMARTS) is 1. The number of aromatic carboxylic acids is 1. The van der Waals surface area contributed by atoms with Crippen molar-refractivity contribution in [2.75, 3.05) is 0 Å². The van der Waals surface area contributed by atoms with E-state index in [2.05, 4.69) is 12.6 Å². The minimum atomic E-state index is -1.09. The SMILES string of the molecule is CCc1cc(S)c(C#N)c(C(=O)O)c1. The first-order chi connectivity index (χ1) is 6.60. The van der Waals surface area contributed by atoms with Gasteiger partial charge in [-0.2, -0.15) is 5.26 Å². The summed E-state index contributed by atoms with van der Waals surface area (Å²) in [4.78, 5) is 11.2. The van der Waals surface area contributed by atoms with Crippen LogP contribution in [0.3, 0.4) is 0 Å². The molecule has 14 heavy (non-hydrogen) atoms. The molecule has 0 aromatic heterocycles. The molecule has 0 amide bonds. The molecule has 1 N–H and O–H groups in total. The third-order valence-corrected chi connectivity index (χ3v) is 2.28. The molecule has 0 radical (unpaired) electrons. The van der Waals surface area contributed by atoms with E-state index in [-0.39, 0.29) is 11.1 Å². The number of benzene rings is 1. The van der Waals surface area contributed by atoms with Gasteiger partial charge in [0.2, 0.25) is 0 Å². The van der Waals surface area contributed by atoms with Gasteiger partial charge < -0.3 is 5.11 Å². The molecule has 0 saturated carbocycles. The number of aryl methyl sites for hydroxylation is 1. The second kappa shape index (κ2) is 4.16. The van der Waals surface area contributed by atoms with E-state index in [1.807, 2.05) is 13.0 Å². The molecule has 0 unspecified atom stereocenters. The molecule has 0 aliphatic carbocycles. The third kappa shape index (κ3) is 1.88. The van der Waals surface area contributed by atoms with Gasteiger partial charge in [0.25, 0.3) is 0 Å².